The van der Waals surface area contributed by atoms with Crippen LogP contribution in [0.1, 0.15) is 41.8 Å². The quantitative estimate of drug-likeness (QED) is 0.743. The third-order valence-corrected chi connectivity index (χ3v) is 4.45. The van der Waals surface area contributed by atoms with E-state index in [9.17, 15) is 4.79 Å². The van der Waals surface area contributed by atoms with E-state index in [1.165, 1.54) is 11.3 Å². The molecular formula is C19H22N4O2S. The summed E-state index contributed by atoms with van der Waals surface area (Å²) >= 11 is 1.36. The van der Waals surface area contributed by atoms with Gasteiger partial charge in [-0.25, -0.2) is 0 Å². The van der Waals surface area contributed by atoms with Crippen LogP contribution >= 0.6 is 11.3 Å². The Labute approximate surface area is 156 Å². The van der Waals surface area contributed by atoms with Gasteiger partial charge in [-0.05, 0) is 51.3 Å². The lowest BCUT2D eigenvalue weighted by Gasteiger charge is -2.20. The molecule has 1 N–H and O–H groups in total. The largest absolute Gasteiger partial charge is 0.485 e. The number of amides is 1. The standard InChI is InChI=1S/C19H22N4O2S/c1-13-15(22-23(21-13)14-8-6-5-7-9-14)12-25-16-10-11-26-17(16)18(24)20-19(2,3)4/h5-11H,12H2,1-4H3,(H,20,24). The lowest BCUT2D eigenvalue weighted by molar-refractivity contribution is 0.0919. The number of ether oxygens (including phenoxy) is 1. The Morgan fingerprint density at radius 1 is 1.19 bits per heavy atom. The molecule has 0 fully saturated rings. The lowest BCUT2D eigenvalue weighted by atomic mass is 10.1. The normalized spacial score (nSPS) is 11.4. The summed E-state index contributed by atoms with van der Waals surface area (Å²) in [5.41, 5.74) is 2.13. The van der Waals surface area contributed by atoms with Gasteiger partial charge in [0.15, 0.2) is 0 Å². The van der Waals surface area contributed by atoms with E-state index in [1.807, 2.05) is 63.4 Å². The number of aryl methyl sites for hydroxylation is 1. The van der Waals surface area contributed by atoms with Crippen LogP contribution in [0, 0.1) is 6.92 Å². The second-order valence-electron chi connectivity index (χ2n) is 6.96. The fourth-order valence-corrected chi connectivity index (χ4v) is 3.07. The number of nitrogens with zero attached hydrogens (tertiary/aromatic N) is 3. The molecule has 3 rings (SSSR count). The van der Waals surface area contributed by atoms with Gasteiger partial charge in [-0.3, -0.25) is 4.79 Å². The highest BCUT2D eigenvalue weighted by atomic mass is 32.1. The summed E-state index contributed by atoms with van der Waals surface area (Å²) in [7, 11) is 0. The maximum Gasteiger partial charge on any atom is 0.265 e. The second-order valence-corrected chi connectivity index (χ2v) is 7.88. The van der Waals surface area contributed by atoms with E-state index in [4.69, 9.17) is 4.74 Å². The number of thiophene rings is 1. The Morgan fingerprint density at radius 3 is 2.62 bits per heavy atom. The van der Waals surface area contributed by atoms with Gasteiger partial charge in [-0.2, -0.15) is 9.90 Å². The van der Waals surface area contributed by atoms with Crippen LogP contribution in [0.2, 0.25) is 0 Å². The number of hydrogen-bond acceptors (Lipinski definition) is 5. The van der Waals surface area contributed by atoms with Crippen LogP contribution in [0.25, 0.3) is 5.69 Å². The van der Waals surface area contributed by atoms with E-state index in [1.54, 1.807) is 10.9 Å². The van der Waals surface area contributed by atoms with Crippen molar-refractivity contribution in [3.63, 3.8) is 0 Å². The smallest absolute Gasteiger partial charge is 0.265 e. The first-order chi connectivity index (χ1) is 12.3. The molecule has 0 radical (unpaired) electrons. The summed E-state index contributed by atoms with van der Waals surface area (Å²) in [5, 5.41) is 13.7. The highest BCUT2D eigenvalue weighted by molar-refractivity contribution is 7.12. The first-order valence-electron chi connectivity index (χ1n) is 8.34. The Balaban J connectivity index is 1.72. The van der Waals surface area contributed by atoms with Crippen LogP contribution < -0.4 is 10.1 Å². The molecule has 1 amide bonds. The van der Waals surface area contributed by atoms with Gasteiger partial charge in [-0.15, -0.1) is 16.4 Å². The first-order valence-corrected chi connectivity index (χ1v) is 9.22. The molecule has 0 saturated carbocycles. The molecule has 3 aromatic rings. The second kappa shape index (κ2) is 7.29. The summed E-state index contributed by atoms with van der Waals surface area (Å²) in [4.78, 5) is 14.6. The molecule has 0 bridgehead atoms. The molecule has 1 aromatic carbocycles. The molecule has 0 unspecified atom stereocenters. The van der Waals surface area contributed by atoms with Gasteiger partial charge in [0.25, 0.3) is 5.91 Å². The third-order valence-electron chi connectivity index (χ3n) is 3.55. The van der Waals surface area contributed by atoms with E-state index in [0.717, 1.165) is 17.1 Å². The van der Waals surface area contributed by atoms with Gasteiger partial charge in [0.1, 0.15) is 22.9 Å². The summed E-state index contributed by atoms with van der Waals surface area (Å²) in [5.74, 6) is 0.428. The molecule has 0 aliphatic heterocycles. The predicted octanol–water partition coefficient (Wildman–Crippen LogP) is 3.74. The fraction of sp³-hybridized carbons (Fsp3) is 0.316. The van der Waals surface area contributed by atoms with Gasteiger partial charge in [0.2, 0.25) is 0 Å². The van der Waals surface area contributed by atoms with Crippen molar-refractivity contribution in [3.05, 3.63) is 58.0 Å². The summed E-state index contributed by atoms with van der Waals surface area (Å²) in [6, 6.07) is 11.5. The molecule has 7 heteroatoms. The molecule has 2 heterocycles. The Morgan fingerprint density at radius 2 is 1.92 bits per heavy atom. The predicted molar refractivity (Wildman–Crippen MR) is 102 cm³/mol. The van der Waals surface area contributed by atoms with Crippen molar-refractivity contribution in [1.82, 2.24) is 20.3 Å². The highest BCUT2D eigenvalue weighted by Gasteiger charge is 2.20. The number of carbonyl (C=O) groups excluding carboxylic acids is 1. The van der Waals surface area contributed by atoms with Crippen LogP contribution in [0.3, 0.4) is 0 Å². The number of carbonyl (C=O) groups is 1. The number of benzene rings is 1. The summed E-state index contributed by atoms with van der Waals surface area (Å²) < 4.78 is 5.86. The molecule has 26 heavy (non-hydrogen) atoms. The van der Waals surface area contributed by atoms with Crippen molar-refractivity contribution >= 4 is 17.2 Å². The molecule has 6 nitrogen and oxygen atoms in total. The van der Waals surface area contributed by atoms with Crippen LogP contribution in [0.15, 0.2) is 41.8 Å². The summed E-state index contributed by atoms with van der Waals surface area (Å²) in [6.07, 6.45) is 0. The zero-order chi connectivity index (χ0) is 18.7. The minimum absolute atomic E-state index is 0.132. The number of aromatic nitrogens is 3. The van der Waals surface area contributed by atoms with Crippen LogP contribution in [-0.2, 0) is 6.61 Å². The van der Waals surface area contributed by atoms with E-state index in [-0.39, 0.29) is 18.1 Å². The van der Waals surface area contributed by atoms with E-state index >= 15 is 0 Å². The Kier molecular flexibility index (Phi) is 5.08. The minimum atomic E-state index is -0.298. The monoisotopic (exact) mass is 370 g/mol. The van der Waals surface area contributed by atoms with E-state index < -0.39 is 0 Å². The van der Waals surface area contributed by atoms with E-state index in [0.29, 0.717) is 10.6 Å². The van der Waals surface area contributed by atoms with Crippen molar-refractivity contribution < 1.29 is 9.53 Å². The molecule has 0 aliphatic rings. The highest BCUT2D eigenvalue weighted by Crippen LogP contribution is 2.26. The minimum Gasteiger partial charge on any atom is -0.485 e. The molecule has 136 valence electrons. The molecule has 0 spiro atoms. The Hall–Kier alpha value is -2.67. The molecule has 0 saturated heterocycles. The molecule has 2 aromatic heterocycles. The first kappa shape index (κ1) is 18.1. The average molecular weight is 370 g/mol. The zero-order valence-corrected chi connectivity index (χ0v) is 16.1. The van der Waals surface area contributed by atoms with Crippen molar-refractivity contribution in [2.45, 2.75) is 39.8 Å². The van der Waals surface area contributed by atoms with Crippen molar-refractivity contribution in [2.24, 2.45) is 0 Å². The van der Waals surface area contributed by atoms with Gasteiger partial charge >= 0.3 is 0 Å². The summed E-state index contributed by atoms with van der Waals surface area (Å²) in [6.45, 7) is 8.00. The maximum atomic E-state index is 12.4. The third kappa shape index (κ3) is 4.29. The van der Waals surface area contributed by atoms with Gasteiger partial charge in [0, 0.05) is 5.54 Å². The molecular weight excluding hydrogens is 348 g/mol. The van der Waals surface area contributed by atoms with Crippen LogP contribution in [-0.4, -0.2) is 26.4 Å². The SMILES string of the molecule is Cc1nn(-c2ccccc2)nc1COc1ccsc1C(=O)NC(C)(C)C. The Bertz CT molecular complexity index is 894. The topological polar surface area (TPSA) is 69.0 Å². The average Bonchev–Trinajstić information content (AvgIpc) is 3.19. The van der Waals surface area contributed by atoms with Gasteiger partial charge < -0.3 is 10.1 Å². The van der Waals surface area contributed by atoms with E-state index in [2.05, 4.69) is 15.5 Å². The van der Waals surface area contributed by atoms with Crippen molar-refractivity contribution in [3.8, 4) is 11.4 Å². The van der Waals surface area contributed by atoms with Crippen LogP contribution in [0.5, 0.6) is 5.75 Å². The number of hydrogen-bond donors (Lipinski definition) is 1. The maximum absolute atomic E-state index is 12.4. The number of rotatable bonds is 5. The van der Waals surface area contributed by atoms with Crippen molar-refractivity contribution in [1.29, 1.82) is 0 Å². The van der Waals surface area contributed by atoms with Crippen LogP contribution in [0.4, 0.5) is 0 Å². The van der Waals surface area contributed by atoms with Gasteiger partial charge in [0.05, 0.1) is 11.4 Å². The molecule has 0 atom stereocenters. The molecule has 0 aliphatic carbocycles. The number of para-hydroxylation sites is 1. The lowest BCUT2D eigenvalue weighted by Crippen LogP contribution is -2.40. The number of nitrogens with one attached hydrogen (secondary N) is 1. The fourth-order valence-electron chi connectivity index (χ4n) is 2.34. The van der Waals surface area contributed by atoms with Crippen molar-refractivity contribution in [2.75, 3.05) is 0 Å². The van der Waals surface area contributed by atoms with Gasteiger partial charge in [-0.1, -0.05) is 18.2 Å². The zero-order valence-electron chi connectivity index (χ0n) is 15.3.